The van der Waals surface area contributed by atoms with Crippen LogP contribution in [0.4, 0.5) is 0 Å². The number of carbonyl (C=O) groups is 1. The van der Waals surface area contributed by atoms with Crippen molar-refractivity contribution in [1.82, 2.24) is 14.8 Å². The lowest BCUT2D eigenvalue weighted by atomic mass is 10.1. The van der Waals surface area contributed by atoms with Gasteiger partial charge in [-0.25, -0.2) is 0 Å². The first-order valence-corrected chi connectivity index (χ1v) is 7.28. The number of amides is 1. The van der Waals surface area contributed by atoms with Crippen LogP contribution in [-0.4, -0.2) is 46.9 Å². The second kappa shape index (κ2) is 6.50. The lowest BCUT2D eigenvalue weighted by Gasteiger charge is -2.34. The van der Waals surface area contributed by atoms with E-state index in [1.165, 1.54) is 5.56 Å². The molecular weight excluding hydrogens is 262 g/mol. The summed E-state index contributed by atoms with van der Waals surface area (Å²) >= 11 is 0. The van der Waals surface area contributed by atoms with Gasteiger partial charge in [0.15, 0.2) is 0 Å². The number of nitrogens with zero attached hydrogens (tertiary/aromatic N) is 3. The van der Waals surface area contributed by atoms with Crippen molar-refractivity contribution in [3.8, 4) is 0 Å². The van der Waals surface area contributed by atoms with Crippen LogP contribution >= 0.6 is 0 Å². The quantitative estimate of drug-likeness (QED) is 0.864. The van der Waals surface area contributed by atoms with Crippen molar-refractivity contribution in [2.24, 2.45) is 0 Å². The smallest absolute Gasteiger partial charge is 0.253 e. The molecule has 1 aliphatic heterocycles. The highest BCUT2D eigenvalue weighted by Crippen LogP contribution is 2.11. The summed E-state index contributed by atoms with van der Waals surface area (Å²) in [4.78, 5) is 20.7. The molecule has 4 heteroatoms. The molecule has 0 radical (unpaired) electrons. The Morgan fingerprint density at radius 1 is 0.952 bits per heavy atom. The molecule has 1 aliphatic rings. The van der Waals surface area contributed by atoms with E-state index in [4.69, 9.17) is 0 Å². The molecule has 0 saturated carbocycles. The molecule has 2 aromatic rings. The summed E-state index contributed by atoms with van der Waals surface area (Å²) in [6.45, 7) is 4.34. The van der Waals surface area contributed by atoms with Gasteiger partial charge in [0.25, 0.3) is 5.91 Å². The molecule has 108 valence electrons. The van der Waals surface area contributed by atoms with Gasteiger partial charge in [-0.1, -0.05) is 18.2 Å². The van der Waals surface area contributed by atoms with E-state index >= 15 is 0 Å². The lowest BCUT2D eigenvalue weighted by Crippen LogP contribution is -2.48. The zero-order valence-electron chi connectivity index (χ0n) is 12.0. The minimum atomic E-state index is 0.138. The van der Waals surface area contributed by atoms with E-state index in [9.17, 15) is 4.79 Å². The predicted octanol–water partition coefficient (Wildman–Crippen LogP) is 2.04. The van der Waals surface area contributed by atoms with Crippen LogP contribution < -0.4 is 0 Å². The topological polar surface area (TPSA) is 36.4 Å². The molecule has 0 unspecified atom stereocenters. The molecule has 1 saturated heterocycles. The van der Waals surface area contributed by atoms with E-state index in [0.29, 0.717) is 0 Å². The summed E-state index contributed by atoms with van der Waals surface area (Å²) in [7, 11) is 0. The van der Waals surface area contributed by atoms with Gasteiger partial charge in [0.2, 0.25) is 0 Å². The zero-order chi connectivity index (χ0) is 14.5. The molecule has 0 bridgehead atoms. The van der Waals surface area contributed by atoms with Gasteiger partial charge in [-0.3, -0.25) is 14.7 Å². The van der Waals surface area contributed by atoms with Gasteiger partial charge in [-0.2, -0.15) is 0 Å². The molecule has 0 spiro atoms. The molecule has 2 heterocycles. The summed E-state index contributed by atoms with van der Waals surface area (Å²) in [6, 6.07) is 13.6. The van der Waals surface area contributed by atoms with Gasteiger partial charge in [-0.05, 0) is 29.8 Å². The molecule has 4 nitrogen and oxygen atoms in total. The number of pyridine rings is 1. The molecule has 1 amide bonds. The number of hydrogen-bond donors (Lipinski definition) is 0. The standard InChI is InChI=1S/C17H19N3O/c21-17(16-4-2-1-3-5-16)20-12-10-19(11-13-20)14-15-6-8-18-9-7-15/h1-9H,10-14H2. The molecule has 0 N–H and O–H groups in total. The number of hydrogen-bond acceptors (Lipinski definition) is 3. The highest BCUT2D eigenvalue weighted by atomic mass is 16.2. The first-order chi connectivity index (χ1) is 10.3. The Bertz CT molecular complexity index is 577. The zero-order valence-corrected chi connectivity index (χ0v) is 12.0. The third-order valence-corrected chi connectivity index (χ3v) is 3.84. The number of aromatic nitrogens is 1. The van der Waals surface area contributed by atoms with Gasteiger partial charge >= 0.3 is 0 Å². The minimum absolute atomic E-state index is 0.138. The van der Waals surface area contributed by atoms with Crippen molar-refractivity contribution < 1.29 is 4.79 Å². The van der Waals surface area contributed by atoms with Crippen LogP contribution in [0, 0.1) is 0 Å². The average molecular weight is 281 g/mol. The second-order valence-electron chi connectivity index (χ2n) is 5.29. The van der Waals surface area contributed by atoms with Crippen LogP contribution in [0.3, 0.4) is 0 Å². The predicted molar refractivity (Wildman–Crippen MR) is 81.9 cm³/mol. The molecule has 0 aliphatic carbocycles. The fourth-order valence-corrected chi connectivity index (χ4v) is 2.62. The van der Waals surface area contributed by atoms with E-state index in [1.54, 1.807) is 0 Å². The maximum Gasteiger partial charge on any atom is 0.253 e. The fourth-order valence-electron chi connectivity index (χ4n) is 2.62. The third-order valence-electron chi connectivity index (χ3n) is 3.84. The van der Waals surface area contributed by atoms with Gasteiger partial charge in [-0.15, -0.1) is 0 Å². The Kier molecular flexibility index (Phi) is 4.26. The summed E-state index contributed by atoms with van der Waals surface area (Å²) in [5.74, 6) is 0.138. The highest BCUT2D eigenvalue weighted by Gasteiger charge is 2.21. The first kappa shape index (κ1) is 13.8. The molecule has 21 heavy (non-hydrogen) atoms. The first-order valence-electron chi connectivity index (χ1n) is 7.28. The Balaban J connectivity index is 1.54. The van der Waals surface area contributed by atoms with E-state index in [1.807, 2.05) is 59.8 Å². The molecule has 1 fully saturated rings. The van der Waals surface area contributed by atoms with E-state index in [2.05, 4.69) is 9.88 Å². The van der Waals surface area contributed by atoms with Crippen molar-refractivity contribution >= 4 is 5.91 Å². The van der Waals surface area contributed by atoms with Gasteiger partial charge in [0, 0.05) is 50.7 Å². The normalized spacial score (nSPS) is 15.9. The number of carbonyl (C=O) groups excluding carboxylic acids is 1. The Morgan fingerprint density at radius 2 is 1.62 bits per heavy atom. The lowest BCUT2D eigenvalue weighted by molar-refractivity contribution is 0.0628. The fraction of sp³-hybridized carbons (Fsp3) is 0.294. The number of piperazine rings is 1. The number of rotatable bonds is 3. The van der Waals surface area contributed by atoms with Gasteiger partial charge < -0.3 is 4.90 Å². The van der Waals surface area contributed by atoms with Crippen molar-refractivity contribution in [2.45, 2.75) is 6.54 Å². The Labute approximate surface area is 125 Å². The Morgan fingerprint density at radius 3 is 2.29 bits per heavy atom. The molecule has 0 atom stereocenters. The summed E-state index contributed by atoms with van der Waals surface area (Å²) < 4.78 is 0. The molecule has 1 aromatic heterocycles. The van der Waals surface area contributed by atoms with Crippen molar-refractivity contribution in [1.29, 1.82) is 0 Å². The monoisotopic (exact) mass is 281 g/mol. The molecule has 3 rings (SSSR count). The van der Waals surface area contributed by atoms with Crippen LogP contribution in [-0.2, 0) is 6.54 Å². The third kappa shape index (κ3) is 3.47. The van der Waals surface area contributed by atoms with Crippen LogP contribution in [0.5, 0.6) is 0 Å². The van der Waals surface area contributed by atoms with E-state index in [0.717, 1.165) is 38.3 Å². The largest absolute Gasteiger partial charge is 0.336 e. The van der Waals surface area contributed by atoms with E-state index < -0.39 is 0 Å². The van der Waals surface area contributed by atoms with Crippen molar-refractivity contribution in [2.75, 3.05) is 26.2 Å². The summed E-state index contributed by atoms with van der Waals surface area (Å²) in [5.41, 5.74) is 2.05. The van der Waals surface area contributed by atoms with Gasteiger partial charge in [0.05, 0.1) is 0 Å². The van der Waals surface area contributed by atoms with Crippen LogP contribution in [0.1, 0.15) is 15.9 Å². The maximum absolute atomic E-state index is 12.4. The van der Waals surface area contributed by atoms with Crippen molar-refractivity contribution in [3.63, 3.8) is 0 Å². The van der Waals surface area contributed by atoms with Crippen LogP contribution in [0.2, 0.25) is 0 Å². The van der Waals surface area contributed by atoms with Crippen molar-refractivity contribution in [3.05, 3.63) is 66.0 Å². The van der Waals surface area contributed by atoms with E-state index in [-0.39, 0.29) is 5.91 Å². The second-order valence-corrected chi connectivity index (χ2v) is 5.29. The summed E-state index contributed by atoms with van der Waals surface area (Å²) in [5, 5.41) is 0. The summed E-state index contributed by atoms with van der Waals surface area (Å²) in [6.07, 6.45) is 3.65. The minimum Gasteiger partial charge on any atom is -0.336 e. The Hall–Kier alpha value is -2.20. The van der Waals surface area contributed by atoms with Crippen LogP contribution in [0.15, 0.2) is 54.9 Å². The maximum atomic E-state index is 12.4. The highest BCUT2D eigenvalue weighted by molar-refractivity contribution is 5.94. The SMILES string of the molecule is O=C(c1ccccc1)N1CCN(Cc2ccncc2)CC1. The average Bonchev–Trinajstić information content (AvgIpc) is 2.57. The number of benzene rings is 1. The molecule has 1 aromatic carbocycles. The van der Waals surface area contributed by atoms with Gasteiger partial charge in [0.1, 0.15) is 0 Å². The molecular formula is C17H19N3O. The van der Waals surface area contributed by atoms with Crippen LogP contribution in [0.25, 0.3) is 0 Å².